The van der Waals surface area contributed by atoms with Crippen molar-refractivity contribution < 1.29 is 4.74 Å². The van der Waals surface area contributed by atoms with Crippen LogP contribution in [0.1, 0.15) is 30.7 Å². The maximum Gasteiger partial charge on any atom is 0.122 e. The summed E-state index contributed by atoms with van der Waals surface area (Å²) in [5.41, 5.74) is 1.37. The van der Waals surface area contributed by atoms with Gasteiger partial charge in [0.2, 0.25) is 0 Å². The highest BCUT2D eigenvalue weighted by Gasteiger charge is 2.22. The van der Waals surface area contributed by atoms with Crippen molar-refractivity contribution in [1.82, 2.24) is 4.90 Å². The highest BCUT2D eigenvalue weighted by Crippen LogP contribution is 2.33. The first-order valence-electron chi connectivity index (χ1n) is 6.76. The number of methoxy groups -OCH3 is 1. The van der Waals surface area contributed by atoms with Gasteiger partial charge in [-0.25, -0.2) is 0 Å². The SMILES string of the molecule is COc1ccccc1C1CCN(CCCCl)CC1. The fourth-order valence-electron chi connectivity index (χ4n) is 2.75. The summed E-state index contributed by atoms with van der Waals surface area (Å²) in [4.78, 5) is 2.52. The standard InChI is InChI=1S/C15H22ClNO/c1-18-15-6-3-2-5-14(15)13-7-11-17(12-8-13)10-4-9-16/h2-3,5-6,13H,4,7-12H2,1H3. The minimum Gasteiger partial charge on any atom is -0.496 e. The molecule has 1 aromatic carbocycles. The third-order valence-electron chi connectivity index (χ3n) is 3.77. The molecule has 0 aliphatic carbocycles. The first-order valence-corrected chi connectivity index (χ1v) is 7.30. The monoisotopic (exact) mass is 267 g/mol. The molecule has 1 saturated heterocycles. The molecule has 0 saturated carbocycles. The molecular formula is C15H22ClNO. The molecule has 3 heteroatoms. The summed E-state index contributed by atoms with van der Waals surface area (Å²) in [5.74, 6) is 2.46. The molecule has 0 aromatic heterocycles. The van der Waals surface area contributed by atoms with Crippen LogP contribution in [0.3, 0.4) is 0 Å². The lowest BCUT2D eigenvalue weighted by molar-refractivity contribution is 0.211. The maximum atomic E-state index is 5.74. The lowest BCUT2D eigenvalue weighted by atomic mass is 9.89. The van der Waals surface area contributed by atoms with Crippen LogP contribution in [0.4, 0.5) is 0 Å². The van der Waals surface area contributed by atoms with E-state index in [1.807, 2.05) is 6.07 Å². The average molecular weight is 268 g/mol. The van der Waals surface area contributed by atoms with Crippen LogP contribution in [0.15, 0.2) is 24.3 Å². The van der Waals surface area contributed by atoms with Crippen LogP contribution < -0.4 is 4.74 Å². The topological polar surface area (TPSA) is 12.5 Å². The summed E-state index contributed by atoms with van der Waals surface area (Å²) in [6.07, 6.45) is 3.55. The summed E-state index contributed by atoms with van der Waals surface area (Å²) < 4.78 is 5.46. The molecule has 0 atom stereocenters. The zero-order valence-corrected chi connectivity index (χ0v) is 11.8. The predicted molar refractivity (Wildman–Crippen MR) is 76.7 cm³/mol. The highest BCUT2D eigenvalue weighted by atomic mass is 35.5. The minimum absolute atomic E-state index is 0.647. The number of hydrogen-bond acceptors (Lipinski definition) is 2. The van der Waals surface area contributed by atoms with Crippen molar-refractivity contribution in [2.45, 2.75) is 25.2 Å². The Morgan fingerprint density at radius 2 is 2.00 bits per heavy atom. The van der Waals surface area contributed by atoms with Crippen molar-refractivity contribution in [2.75, 3.05) is 32.6 Å². The molecule has 0 bridgehead atoms. The van der Waals surface area contributed by atoms with Crippen LogP contribution in [-0.4, -0.2) is 37.5 Å². The van der Waals surface area contributed by atoms with Crippen molar-refractivity contribution in [3.05, 3.63) is 29.8 Å². The van der Waals surface area contributed by atoms with Gasteiger partial charge in [-0.1, -0.05) is 18.2 Å². The number of para-hydroxylation sites is 1. The van der Waals surface area contributed by atoms with Crippen molar-refractivity contribution in [2.24, 2.45) is 0 Å². The highest BCUT2D eigenvalue weighted by molar-refractivity contribution is 6.17. The molecule has 2 rings (SSSR count). The minimum atomic E-state index is 0.647. The van der Waals surface area contributed by atoms with Crippen LogP contribution in [0.2, 0.25) is 0 Å². The van der Waals surface area contributed by atoms with Gasteiger partial charge in [0.25, 0.3) is 0 Å². The van der Waals surface area contributed by atoms with E-state index < -0.39 is 0 Å². The van der Waals surface area contributed by atoms with Gasteiger partial charge >= 0.3 is 0 Å². The van der Waals surface area contributed by atoms with E-state index in [9.17, 15) is 0 Å². The number of rotatable bonds is 5. The largest absolute Gasteiger partial charge is 0.496 e. The summed E-state index contributed by atoms with van der Waals surface area (Å²) in [5, 5.41) is 0. The van der Waals surface area contributed by atoms with E-state index in [4.69, 9.17) is 16.3 Å². The lowest BCUT2D eigenvalue weighted by Gasteiger charge is -2.32. The van der Waals surface area contributed by atoms with Crippen LogP contribution in [0.25, 0.3) is 0 Å². The number of likely N-dealkylation sites (tertiary alicyclic amines) is 1. The smallest absolute Gasteiger partial charge is 0.122 e. The Labute approximate surface area is 115 Å². The summed E-state index contributed by atoms with van der Waals surface area (Å²) in [7, 11) is 1.76. The predicted octanol–water partition coefficient (Wildman–Crippen LogP) is 3.50. The fraction of sp³-hybridized carbons (Fsp3) is 0.600. The Bertz CT molecular complexity index is 361. The van der Waals surface area contributed by atoms with Crippen molar-refractivity contribution >= 4 is 11.6 Å². The van der Waals surface area contributed by atoms with E-state index in [1.165, 1.54) is 31.5 Å². The molecule has 1 aromatic rings. The van der Waals surface area contributed by atoms with Crippen LogP contribution >= 0.6 is 11.6 Å². The second-order valence-electron chi connectivity index (χ2n) is 4.90. The van der Waals surface area contributed by atoms with Crippen molar-refractivity contribution in [3.63, 3.8) is 0 Å². The zero-order valence-electron chi connectivity index (χ0n) is 11.1. The molecule has 2 nitrogen and oxygen atoms in total. The van der Waals surface area contributed by atoms with Gasteiger partial charge in [-0.3, -0.25) is 0 Å². The van der Waals surface area contributed by atoms with Gasteiger partial charge in [-0.15, -0.1) is 11.6 Å². The van der Waals surface area contributed by atoms with Crippen molar-refractivity contribution in [1.29, 1.82) is 0 Å². The second-order valence-corrected chi connectivity index (χ2v) is 5.28. The molecule has 0 amide bonds. The number of alkyl halides is 1. The first-order chi connectivity index (χ1) is 8.85. The molecule has 0 N–H and O–H groups in total. The van der Waals surface area contributed by atoms with Gasteiger partial charge < -0.3 is 9.64 Å². The number of halogens is 1. The molecule has 1 heterocycles. The number of piperidine rings is 1. The molecule has 1 aliphatic rings. The number of ether oxygens (including phenoxy) is 1. The van der Waals surface area contributed by atoms with E-state index in [-0.39, 0.29) is 0 Å². The normalized spacial score (nSPS) is 17.9. The van der Waals surface area contributed by atoms with Gasteiger partial charge in [0.05, 0.1) is 7.11 Å². The van der Waals surface area contributed by atoms with E-state index >= 15 is 0 Å². The van der Waals surface area contributed by atoms with Gasteiger partial charge in [-0.05, 0) is 56.4 Å². The second kappa shape index (κ2) is 7.01. The molecule has 1 fully saturated rings. The summed E-state index contributed by atoms with van der Waals surface area (Å²) in [6, 6.07) is 8.42. The van der Waals surface area contributed by atoms with E-state index in [0.717, 1.165) is 24.6 Å². The molecule has 18 heavy (non-hydrogen) atoms. The Morgan fingerprint density at radius 1 is 1.28 bits per heavy atom. The average Bonchev–Trinajstić information content (AvgIpc) is 2.45. The van der Waals surface area contributed by atoms with Crippen LogP contribution in [0.5, 0.6) is 5.75 Å². The van der Waals surface area contributed by atoms with E-state index in [2.05, 4.69) is 23.1 Å². The Morgan fingerprint density at radius 3 is 2.67 bits per heavy atom. The summed E-state index contributed by atoms with van der Waals surface area (Å²) in [6.45, 7) is 3.50. The Balaban J connectivity index is 1.92. The van der Waals surface area contributed by atoms with Crippen LogP contribution in [0, 0.1) is 0 Å². The number of hydrogen-bond donors (Lipinski definition) is 0. The number of benzene rings is 1. The molecule has 0 radical (unpaired) electrons. The lowest BCUT2D eigenvalue weighted by Crippen LogP contribution is -2.33. The fourth-order valence-corrected chi connectivity index (χ4v) is 2.87. The molecule has 0 unspecified atom stereocenters. The van der Waals surface area contributed by atoms with Gasteiger partial charge in [0.15, 0.2) is 0 Å². The number of nitrogens with zero attached hydrogens (tertiary/aromatic N) is 1. The van der Waals surface area contributed by atoms with E-state index in [0.29, 0.717) is 5.92 Å². The first kappa shape index (κ1) is 13.7. The maximum absolute atomic E-state index is 5.74. The van der Waals surface area contributed by atoms with Crippen molar-refractivity contribution in [3.8, 4) is 5.75 Å². The molecule has 100 valence electrons. The third kappa shape index (κ3) is 3.39. The van der Waals surface area contributed by atoms with Gasteiger partial charge in [0, 0.05) is 5.88 Å². The zero-order chi connectivity index (χ0) is 12.8. The third-order valence-corrected chi connectivity index (χ3v) is 4.04. The van der Waals surface area contributed by atoms with Gasteiger partial charge in [-0.2, -0.15) is 0 Å². The van der Waals surface area contributed by atoms with E-state index in [1.54, 1.807) is 7.11 Å². The molecule has 1 aliphatic heterocycles. The Kier molecular flexibility index (Phi) is 5.33. The molecular weight excluding hydrogens is 246 g/mol. The van der Waals surface area contributed by atoms with Crippen LogP contribution in [-0.2, 0) is 0 Å². The quantitative estimate of drug-likeness (QED) is 0.757. The van der Waals surface area contributed by atoms with Gasteiger partial charge in [0.1, 0.15) is 5.75 Å². The molecule has 0 spiro atoms. The summed E-state index contributed by atoms with van der Waals surface area (Å²) >= 11 is 5.74. The Hall–Kier alpha value is -0.730.